The van der Waals surface area contributed by atoms with Crippen molar-refractivity contribution in [2.45, 2.75) is 39.3 Å². The van der Waals surface area contributed by atoms with Gasteiger partial charge in [-0.2, -0.15) is 0 Å². The van der Waals surface area contributed by atoms with Crippen LogP contribution in [0, 0.1) is 5.92 Å². The van der Waals surface area contributed by atoms with Crippen LogP contribution in [0.4, 0.5) is 0 Å². The summed E-state index contributed by atoms with van der Waals surface area (Å²) in [6.07, 6.45) is 4.57. The zero-order valence-electron chi connectivity index (χ0n) is 10.4. The van der Waals surface area contributed by atoms with Gasteiger partial charge in [-0.3, -0.25) is 4.98 Å². The second-order valence-corrected chi connectivity index (χ2v) is 4.39. The topological polar surface area (TPSA) is 48.1 Å². The summed E-state index contributed by atoms with van der Waals surface area (Å²) in [5, 5.41) is 0. The first-order chi connectivity index (χ1) is 7.65. The molecule has 0 aliphatic rings. The van der Waals surface area contributed by atoms with Crippen molar-refractivity contribution in [3.8, 4) is 0 Å². The number of rotatable bonds is 6. The standard InChI is InChI=1S/C13H22N2O/c1-4-16-13(10(2)3)12(14)8-11-6-5-7-15-9-11/h5-7,9-10,12-13H,4,8,14H2,1-3H3. The van der Waals surface area contributed by atoms with E-state index in [1.807, 2.05) is 19.2 Å². The van der Waals surface area contributed by atoms with E-state index < -0.39 is 0 Å². The normalized spacial score (nSPS) is 15.1. The molecule has 0 fully saturated rings. The SMILES string of the molecule is CCOC(C(C)C)C(N)Cc1cccnc1. The van der Waals surface area contributed by atoms with E-state index in [0.717, 1.165) is 6.42 Å². The van der Waals surface area contributed by atoms with Crippen molar-refractivity contribution in [3.63, 3.8) is 0 Å². The van der Waals surface area contributed by atoms with Gasteiger partial charge >= 0.3 is 0 Å². The second-order valence-electron chi connectivity index (χ2n) is 4.39. The Bertz CT molecular complexity index is 287. The van der Waals surface area contributed by atoms with Crippen molar-refractivity contribution >= 4 is 0 Å². The smallest absolute Gasteiger partial charge is 0.0751 e. The Hall–Kier alpha value is -0.930. The second kappa shape index (κ2) is 6.61. The maximum atomic E-state index is 6.18. The lowest BCUT2D eigenvalue weighted by Crippen LogP contribution is -2.42. The highest BCUT2D eigenvalue weighted by Gasteiger charge is 2.21. The van der Waals surface area contributed by atoms with E-state index in [9.17, 15) is 0 Å². The van der Waals surface area contributed by atoms with Crippen LogP contribution in [0.15, 0.2) is 24.5 Å². The molecule has 2 N–H and O–H groups in total. The Kier molecular flexibility index (Phi) is 5.43. The van der Waals surface area contributed by atoms with Crippen LogP contribution >= 0.6 is 0 Å². The highest BCUT2D eigenvalue weighted by Crippen LogP contribution is 2.13. The summed E-state index contributed by atoms with van der Waals surface area (Å²) in [7, 11) is 0. The lowest BCUT2D eigenvalue weighted by Gasteiger charge is -2.27. The molecule has 0 spiro atoms. The van der Waals surface area contributed by atoms with Crippen molar-refractivity contribution in [1.29, 1.82) is 0 Å². The van der Waals surface area contributed by atoms with E-state index in [-0.39, 0.29) is 12.1 Å². The Labute approximate surface area is 98.0 Å². The number of nitrogens with two attached hydrogens (primary N) is 1. The lowest BCUT2D eigenvalue weighted by molar-refractivity contribution is 0.0127. The molecule has 0 saturated heterocycles. The summed E-state index contributed by atoms with van der Waals surface area (Å²) in [5.74, 6) is 0.437. The van der Waals surface area contributed by atoms with E-state index in [1.165, 1.54) is 5.56 Å². The van der Waals surface area contributed by atoms with Gasteiger partial charge in [0.25, 0.3) is 0 Å². The van der Waals surface area contributed by atoms with E-state index >= 15 is 0 Å². The number of hydrogen-bond donors (Lipinski definition) is 1. The van der Waals surface area contributed by atoms with Crippen LogP contribution in [0.1, 0.15) is 26.3 Å². The third kappa shape index (κ3) is 3.91. The number of aromatic nitrogens is 1. The van der Waals surface area contributed by atoms with Crippen molar-refractivity contribution in [2.75, 3.05) is 6.61 Å². The van der Waals surface area contributed by atoms with Gasteiger partial charge < -0.3 is 10.5 Å². The highest BCUT2D eigenvalue weighted by atomic mass is 16.5. The molecule has 1 heterocycles. The molecular weight excluding hydrogens is 200 g/mol. The van der Waals surface area contributed by atoms with Crippen molar-refractivity contribution < 1.29 is 4.74 Å². The van der Waals surface area contributed by atoms with Gasteiger partial charge in [0.2, 0.25) is 0 Å². The molecule has 3 nitrogen and oxygen atoms in total. The number of pyridine rings is 1. The van der Waals surface area contributed by atoms with Crippen LogP contribution < -0.4 is 5.73 Å². The van der Waals surface area contributed by atoms with Crippen LogP contribution in [0.25, 0.3) is 0 Å². The van der Waals surface area contributed by atoms with Crippen molar-refractivity contribution in [1.82, 2.24) is 4.98 Å². The van der Waals surface area contributed by atoms with Gasteiger partial charge in [-0.1, -0.05) is 19.9 Å². The van der Waals surface area contributed by atoms with Crippen LogP contribution in [0.2, 0.25) is 0 Å². The summed E-state index contributed by atoms with van der Waals surface area (Å²) < 4.78 is 5.69. The molecule has 0 bridgehead atoms. The summed E-state index contributed by atoms with van der Waals surface area (Å²) in [5.41, 5.74) is 7.35. The maximum absolute atomic E-state index is 6.18. The molecule has 1 aromatic heterocycles. The lowest BCUT2D eigenvalue weighted by atomic mass is 9.95. The average molecular weight is 222 g/mol. The molecule has 3 heteroatoms. The van der Waals surface area contributed by atoms with E-state index in [0.29, 0.717) is 12.5 Å². The number of ether oxygens (including phenoxy) is 1. The van der Waals surface area contributed by atoms with Crippen molar-refractivity contribution in [3.05, 3.63) is 30.1 Å². The van der Waals surface area contributed by atoms with Gasteiger partial charge in [-0.25, -0.2) is 0 Å². The van der Waals surface area contributed by atoms with Gasteiger partial charge in [-0.15, -0.1) is 0 Å². The van der Waals surface area contributed by atoms with Gasteiger partial charge in [0.15, 0.2) is 0 Å². The summed E-state index contributed by atoms with van der Waals surface area (Å²) in [6, 6.07) is 4.02. The first kappa shape index (κ1) is 13.1. The third-order valence-corrected chi connectivity index (χ3v) is 2.63. The minimum absolute atomic E-state index is 0.0316. The highest BCUT2D eigenvalue weighted by molar-refractivity contribution is 5.10. The molecule has 2 atom stereocenters. The van der Waals surface area contributed by atoms with Crippen LogP contribution in [0.3, 0.4) is 0 Å². The van der Waals surface area contributed by atoms with Crippen LogP contribution in [-0.4, -0.2) is 23.7 Å². The average Bonchev–Trinajstić information content (AvgIpc) is 2.26. The fourth-order valence-electron chi connectivity index (χ4n) is 1.91. The molecule has 2 unspecified atom stereocenters. The zero-order valence-corrected chi connectivity index (χ0v) is 10.4. The fraction of sp³-hybridized carbons (Fsp3) is 0.615. The van der Waals surface area contributed by atoms with Crippen molar-refractivity contribution in [2.24, 2.45) is 11.7 Å². The first-order valence-corrected chi connectivity index (χ1v) is 5.91. The van der Waals surface area contributed by atoms with E-state index in [4.69, 9.17) is 10.5 Å². The Morgan fingerprint density at radius 1 is 1.44 bits per heavy atom. The molecular formula is C13H22N2O. The molecule has 0 aliphatic heterocycles. The molecule has 90 valence electrons. The predicted octanol–water partition coefficient (Wildman–Crippen LogP) is 2.01. The molecule has 16 heavy (non-hydrogen) atoms. The number of hydrogen-bond acceptors (Lipinski definition) is 3. The molecule has 0 amide bonds. The molecule has 1 aromatic rings. The molecule has 0 saturated carbocycles. The van der Waals surface area contributed by atoms with Gasteiger partial charge in [0, 0.05) is 25.0 Å². The number of nitrogens with zero attached hydrogens (tertiary/aromatic N) is 1. The van der Waals surface area contributed by atoms with Gasteiger partial charge in [-0.05, 0) is 30.9 Å². The van der Waals surface area contributed by atoms with Crippen LogP contribution in [0.5, 0.6) is 0 Å². The minimum Gasteiger partial charge on any atom is -0.377 e. The minimum atomic E-state index is 0.0316. The summed E-state index contributed by atoms with van der Waals surface area (Å²) in [4.78, 5) is 4.09. The predicted molar refractivity (Wildman–Crippen MR) is 66.2 cm³/mol. The molecule has 1 rings (SSSR count). The summed E-state index contributed by atoms with van der Waals surface area (Å²) in [6.45, 7) is 7.00. The van der Waals surface area contributed by atoms with Gasteiger partial charge in [0.05, 0.1) is 6.10 Å². The third-order valence-electron chi connectivity index (χ3n) is 2.63. The Morgan fingerprint density at radius 2 is 2.19 bits per heavy atom. The molecule has 0 aromatic carbocycles. The Morgan fingerprint density at radius 3 is 2.69 bits per heavy atom. The molecule has 0 aliphatic carbocycles. The fourth-order valence-corrected chi connectivity index (χ4v) is 1.91. The van der Waals surface area contributed by atoms with E-state index in [2.05, 4.69) is 24.9 Å². The quantitative estimate of drug-likeness (QED) is 0.801. The van der Waals surface area contributed by atoms with Gasteiger partial charge in [0.1, 0.15) is 0 Å². The van der Waals surface area contributed by atoms with Crippen LogP contribution in [-0.2, 0) is 11.2 Å². The summed E-state index contributed by atoms with van der Waals surface area (Å²) >= 11 is 0. The Balaban J connectivity index is 2.58. The monoisotopic (exact) mass is 222 g/mol. The maximum Gasteiger partial charge on any atom is 0.0751 e. The zero-order chi connectivity index (χ0) is 12.0. The largest absolute Gasteiger partial charge is 0.377 e. The first-order valence-electron chi connectivity index (χ1n) is 5.91. The molecule has 0 radical (unpaired) electrons. The van der Waals surface area contributed by atoms with E-state index in [1.54, 1.807) is 6.20 Å².